The SMILES string of the molecule is C#CCNC(=O)CSc1nnc(SCc2ccc(OC)cc2)s1. The third-order valence-corrected chi connectivity index (χ3v) is 5.88. The van der Waals surface area contributed by atoms with Crippen LogP contribution in [-0.4, -0.2) is 35.5 Å². The maximum atomic E-state index is 11.5. The number of hydrogen-bond donors (Lipinski definition) is 1. The van der Waals surface area contributed by atoms with Gasteiger partial charge in [-0.15, -0.1) is 16.6 Å². The number of ether oxygens (including phenoxy) is 1. The first-order valence-corrected chi connectivity index (χ1v) is 9.42. The van der Waals surface area contributed by atoms with E-state index in [1.165, 1.54) is 28.7 Å². The van der Waals surface area contributed by atoms with Gasteiger partial charge in [-0.05, 0) is 17.7 Å². The van der Waals surface area contributed by atoms with Gasteiger partial charge in [0.1, 0.15) is 5.75 Å². The average Bonchev–Trinajstić information content (AvgIpc) is 3.04. The number of rotatable bonds is 8. The van der Waals surface area contributed by atoms with Crippen LogP contribution in [0.5, 0.6) is 5.75 Å². The highest BCUT2D eigenvalue weighted by Gasteiger charge is 2.08. The first kappa shape index (κ1) is 17.7. The lowest BCUT2D eigenvalue weighted by Gasteiger charge is -2.01. The highest BCUT2D eigenvalue weighted by atomic mass is 32.2. The second kappa shape index (κ2) is 9.45. The number of nitrogens with zero attached hydrogens (tertiary/aromatic N) is 2. The number of hydrogen-bond acceptors (Lipinski definition) is 7. The molecule has 0 aliphatic rings. The fraction of sp³-hybridized carbons (Fsp3) is 0.267. The fourth-order valence-corrected chi connectivity index (χ4v) is 4.31. The summed E-state index contributed by atoms with van der Waals surface area (Å²) in [5.41, 5.74) is 1.19. The van der Waals surface area contributed by atoms with Crippen molar-refractivity contribution in [2.45, 2.75) is 14.4 Å². The second-order valence-electron chi connectivity index (χ2n) is 4.24. The van der Waals surface area contributed by atoms with Gasteiger partial charge in [0.25, 0.3) is 0 Å². The Hall–Kier alpha value is -1.69. The number of carbonyl (C=O) groups is 1. The van der Waals surface area contributed by atoms with Crippen molar-refractivity contribution >= 4 is 40.8 Å². The second-order valence-corrected chi connectivity index (χ2v) is 7.66. The van der Waals surface area contributed by atoms with Crippen molar-refractivity contribution < 1.29 is 9.53 Å². The Morgan fingerprint density at radius 3 is 2.65 bits per heavy atom. The molecule has 1 amide bonds. The Kier molecular flexibility index (Phi) is 7.26. The van der Waals surface area contributed by atoms with Crippen LogP contribution in [0.1, 0.15) is 5.56 Å². The summed E-state index contributed by atoms with van der Waals surface area (Å²) >= 11 is 4.46. The Labute approximate surface area is 147 Å². The maximum absolute atomic E-state index is 11.5. The molecule has 120 valence electrons. The minimum Gasteiger partial charge on any atom is -0.497 e. The zero-order valence-corrected chi connectivity index (χ0v) is 14.9. The van der Waals surface area contributed by atoms with Crippen LogP contribution in [0, 0.1) is 12.3 Å². The summed E-state index contributed by atoms with van der Waals surface area (Å²) in [6, 6.07) is 7.93. The summed E-state index contributed by atoms with van der Waals surface area (Å²) in [5, 5.41) is 10.8. The van der Waals surface area contributed by atoms with Gasteiger partial charge in [-0.25, -0.2) is 0 Å². The van der Waals surface area contributed by atoms with Crippen LogP contribution < -0.4 is 10.1 Å². The fourth-order valence-electron chi connectivity index (χ4n) is 1.51. The van der Waals surface area contributed by atoms with Gasteiger partial charge in [0.15, 0.2) is 8.68 Å². The van der Waals surface area contributed by atoms with Crippen molar-refractivity contribution in [1.82, 2.24) is 15.5 Å². The van der Waals surface area contributed by atoms with Crippen LogP contribution in [-0.2, 0) is 10.5 Å². The molecule has 0 fully saturated rings. The molecular formula is C15H15N3O2S3. The van der Waals surface area contributed by atoms with Gasteiger partial charge in [0, 0.05) is 5.75 Å². The van der Waals surface area contributed by atoms with Crippen molar-refractivity contribution in [3.8, 4) is 18.1 Å². The highest BCUT2D eigenvalue weighted by molar-refractivity contribution is 8.03. The van der Waals surface area contributed by atoms with Crippen LogP contribution in [0.25, 0.3) is 0 Å². The maximum Gasteiger partial charge on any atom is 0.231 e. The summed E-state index contributed by atoms with van der Waals surface area (Å²) in [4.78, 5) is 11.5. The van der Waals surface area contributed by atoms with E-state index in [0.717, 1.165) is 20.2 Å². The topological polar surface area (TPSA) is 64.1 Å². The van der Waals surface area contributed by atoms with E-state index in [1.807, 2.05) is 24.3 Å². The number of carbonyl (C=O) groups excluding carboxylic acids is 1. The van der Waals surface area contributed by atoms with E-state index in [1.54, 1.807) is 18.9 Å². The molecule has 1 aromatic heterocycles. The average molecular weight is 366 g/mol. The lowest BCUT2D eigenvalue weighted by atomic mass is 10.2. The molecule has 8 heteroatoms. The number of thioether (sulfide) groups is 2. The summed E-state index contributed by atoms with van der Waals surface area (Å²) in [6.07, 6.45) is 5.08. The first-order chi connectivity index (χ1) is 11.2. The molecule has 0 bridgehead atoms. The lowest BCUT2D eigenvalue weighted by molar-refractivity contribution is -0.118. The number of nitrogens with one attached hydrogen (secondary N) is 1. The standard InChI is InChI=1S/C15H15N3O2S3/c1-3-8-16-13(19)10-22-15-18-17-14(23-15)21-9-11-4-6-12(20-2)7-5-11/h1,4-7H,8-10H2,2H3,(H,16,19). The van der Waals surface area contributed by atoms with E-state index < -0.39 is 0 Å². The number of terminal acetylenes is 1. The third kappa shape index (κ3) is 6.14. The van der Waals surface area contributed by atoms with E-state index in [4.69, 9.17) is 11.2 Å². The Bertz CT molecular complexity index is 680. The van der Waals surface area contributed by atoms with Crippen LogP contribution in [0.2, 0.25) is 0 Å². The quantitative estimate of drug-likeness (QED) is 0.573. The Morgan fingerprint density at radius 1 is 1.30 bits per heavy atom. The van der Waals surface area contributed by atoms with Gasteiger partial charge in [-0.3, -0.25) is 4.79 Å². The molecule has 0 saturated carbocycles. The number of aromatic nitrogens is 2. The Balaban J connectivity index is 1.78. The van der Waals surface area contributed by atoms with E-state index in [9.17, 15) is 4.79 Å². The molecule has 2 rings (SSSR count). The smallest absolute Gasteiger partial charge is 0.231 e. The van der Waals surface area contributed by atoms with Crippen LogP contribution in [0.3, 0.4) is 0 Å². The molecule has 0 aliphatic heterocycles. The summed E-state index contributed by atoms with van der Waals surface area (Å²) in [5.74, 6) is 4.21. The molecule has 23 heavy (non-hydrogen) atoms. The van der Waals surface area contributed by atoms with Gasteiger partial charge >= 0.3 is 0 Å². The van der Waals surface area contributed by atoms with Crippen molar-refractivity contribution in [2.75, 3.05) is 19.4 Å². The zero-order valence-electron chi connectivity index (χ0n) is 12.4. The molecule has 0 radical (unpaired) electrons. The predicted octanol–water partition coefficient (Wildman–Crippen LogP) is 2.68. The molecule has 0 spiro atoms. The van der Waals surface area contributed by atoms with Gasteiger partial charge in [0.2, 0.25) is 5.91 Å². The predicted molar refractivity (Wildman–Crippen MR) is 95.0 cm³/mol. The molecule has 0 aliphatic carbocycles. The van der Waals surface area contributed by atoms with Gasteiger partial charge in [-0.2, -0.15) is 0 Å². The first-order valence-electron chi connectivity index (χ1n) is 6.63. The molecule has 1 aromatic carbocycles. The molecular weight excluding hydrogens is 350 g/mol. The van der Waals surface area contributed by atoms with Crippen molar-refractivity contribution in [3.05, 3.63) is 29.8 Å². The van der Waals surface area contributed by atoms with E-state index in [0.29, 0.717) is 5.75 Å². The van der Waals surface area contributed by atoms with Crippen LogP contribution in [0.4, 0.5) is 0 Å². The molecule has 0 atom stereocenters. The monoisotopic (exact) mass is 365 g/mol. The normalized spacial score (nSPS) is 10.1. The summed E-state index contributed by atoms with van der Waals surface area (Å²) < 4.78 is 6.79. The zero-order chi connectivity index (χ0) is 16.5. The Morgan fingerprint density at radius 2 is 2.00 bits per heavy atom. The third-order valence-electron chi connectivity index (χ3n) is 2.62. The van der Waals surface area contributed by atoms with Crippen molar-refractivity contribution in [2.24, 2.45) is 0 Å². The number of benzene rings is 1. The van der Waals surface area contributed by atoms with Crippen LogP contribution in [0.15, 0.2) is 32.9 Å². The van der Waals surface area contributed by atoms with Crippen molar-refractivity contribution in [3.63, 3.8) is 0 Å². The minimum atomic E-state index is -0.101. The molecule has 2 aromatic rings. The molecule has 1 N–H and O–H groups in total. The molecule has 5 nitrogen and oxygen atoms in total. The van der Waals surface area contributed by atoms with Gasteiger partial charge < -0.3 is 10.1 Å². The molecule has 1 heterocycles. The highest BCUT2D eigenvalue weighted by Crippen LogP contribution is 2.30. The number of methoxy groups -OCH3 is 1. The van der Waals surface area contributed by atoms with Gasteiger partial charge in [-0.1, -0.05) is 52.9 Å². The molecule has 0 saturated heterocycles. The summed E-state index contributed by atoms with van der Waals surface area (Å²) in [6.45, 7) is 0.248. The largest absolute Gasteiger partial charge is 0.497 e. The van der Waals surface area contributed by atoms with E-state index in [2.05, 4.69) is 21.4 Å². The molecule has 0 unspecified atom stereocenters. The lowest BCUT2D eigenvalue weighted by Crippen LogP contribution is -2.25. The van der Waals surface area contributed by atoms with E-state index in [-0.39, 0.29) is 12.5 Å². The summed E-state index contributed by atoms with van der Waals surface area (Å²) in [7, 11) is 1.65. The van der Waals surface area contributed by atoms with Gasteiger partial charge in [0.05, 0.1) is 19.4 Å². The van der Waals surface area contributed by atoms with Crippen molar-refractivity contribution in [1.29, 1.82) is 0 Å². The number of amides is 1. The van der Waals surface area contributed by atoms with E-state index >= 15 is 0 Å². The van der Waals surface area contributed by atoms with Crippen LogP contribution >= 0.6 is 34.9 Å². The minimum absolute atomic E-state index is 0.101.